The van der Waals surface area contributed by atoms with Gasteiger partial charge in [-0.25, -0.2) is 0 Å². The fourth-order valence-electron chi connectivity index (χ4n) is 2.26. The van der Waals surface area contributed by atoms with Gasteiger partial charge in [-0.05, 0) is 46.6 Å². The number of methoxy groups -OCH3 is 1. The Hall–Kier alpha value is -0.860. The van der Waals surface area contributed by atoms with Crippen LogP contribution in [0.4, 0.5) is 0 Å². The smallest absolute Gasteiger partial charge is 0.0637 e. The van der Waals surface area contributed by atoms with E-state index in [-0.39, 0.29) is 5.60 Å². The second-order valence-electron chi connectivity index (χ2n) is 5.87. The van der Waals surface area contributed by atoms with Crippen LogP contribution in [-0.4, -0.2) is 18.8 Å². The van der Waals surface area contributed by atoms with Crippen LogP contribution in [0.5, 0.6) is 0 Å². The molecule has 18 heavy (non-hydrogen) atoms. The number of aryl methyl sites for hydroxylation is 1. The highest BCUT2D eigenvalue weighted by molar-refractivity contribution is 5.23. The summed E-state index contributed by atoms with van der Waals surface area (Å²) in [5.74, 6) is 0. The van der Waals surface area contributed by atoms with Gasteiger partial charge < -0.3 is 10.1 Å². The van der Waals surface area contributed by atoms with Gasteiger partial charge in [-0.15, -0.1) is 0 Å². The van der Waals surface area contributed by atoms with Crippen LogP contribution in [0.3, 0.4) is 0 Å². The number of rotatable bonds is 6. The Labute approximate surface area is 112 Å². The van der Waals surface area contributed by atoms with E-state index in [9.17, 15) is 0 Å². The van der Waals surface area contributed by atoms with Crippen molar-refractivity contribution >= 4 is 0 Å². The first kappa shape index (κ1) is 15.2. The molecule has 0 aliphatic carbocycles. The highest BCUT2D eigenvalue weighted by Crippen LogP contribution is 2.19. The molecular weight excluding hydrogens is 222 g/mol. The van der Waals surface area contributed by atoms with Crippen LogP contribution in [0.25, 0.3) is 0 Å². The number of hydrogen-bond acceptors (Lipinski definition) is 2. The van der Waals surface area contributed by atoms with E-state index in [1.165, 1.54) is 11.1 Å². The van der Waals surface area contributed by atoms with Crippen LogP contribution in [0.1, 0.15) is 51.3 Å². The van der Waals surface area contributed by atoms with Crippen LogP contribution in [0.2, 0.25) is 0 Å². The molecule has 0 amide bonds. The zero-order chi connectivity index (χ0) is 13.8. The van der Waals surface area contributed by atoms with Crippen molar-refractivity contribution in [2.45, 2.75) is 58.7 Å². The minimum absolute atomic E-state index is 0.0700. The topological polar surface area (TPSA) is 21.3 Å². The molecular formula is C16H27NO. The molecule has 2 atom stereocenters. The van der Waals surface area contributed by atoms with Crippen molar-refractivity contribution in [3.8, 4) is 0 Å². The molecule has 1 rings (SSSR count). The van der Waals surface area contributed by atoms with Gasteiger partial charge in [-0.1, -0.05) is 29.8 Å². The fourth-order valence-corrected chi connectivity index (χ4v) is 2.26. The summed E-state index contributed by atoms with van der Waals surface area (Å²) in [4.78, 5) is 0. The van der Waals surface area contributed by atoms with Gasteiger partial charge in [0.15, 0.2) is 0 Å². The van der Waals surface area contributed by atoms with Crippen molar-refractivity contribution in [1.82, 2.24) is 5.32 Å². The quantitative estimate of drug-likeness (QED) is 0.827. The molecule has 1 unspecified atom stereocenters. The van der Waals surface area contributed by atoms with Crippen LogP contribution in [0, 0.1) is 6.92 Å². The van der Waals surface area contributed by atoms with Gasteiger partial charge in [0.1, 0.15) is 0 Å². The summed E-state index contributed by atoms with van der Waals surface area (Å²) in [5.41, 5.74) is 2.57. The summed E-state index contributed by atoms with van der Waals surface area (Å²) in [6, 6.07) is 9.51. The van der Waals surface area contributed by atoms with E-state index in [1.54, 1.807) is 7.11 Å². The molecule has 0 aliphatic rings. The highest BCUT2D eigenvalue weighted by atomic mass is 16.5. The summed E-state index contributed by atoms with van der Waals surface area (Å²) in [5, 5.41) is 3.63. The van der Waals surface area contributed by atoms with E-state index in [1.807, 2.05) is 0 Å². The molecule has 0 aliphatic heterocycles. The molecule has 1 N–H and O–H groups in total. The summed E-state index contributed by atoms with van der Waals surface area (Å²) in [6.07, 6.45) is 1.000. The van der Waals surface area contributed by atoms with Gasteiger partial charge in [0.2, 0.25) is 0 Å². The largest absolute Gasteiger partial charge is 0.379 e. The molecule has 0 heterocycles. The van der Waals surface area contributed by atoms with Crippen molar-refractivity contribution in [3.63, 3.8) is 0 Å². The van der Waals surface area contributed by atoms with Crippen molar-refractivity contribution < 1.29 is 4.74 Å². The molecule has 2 heteroatoms. The van der Waals surface area contributed by atoms with Crippen LogP contribution in [-0.2, 0) is 4.74 Å². The molecule has 0 fully saturated rings. The summed E-state index contributed by atoms with van der Waals surface area (Å²) >= 11 is 0. The predicted molar refractivity (Wildman–Crippen MR) is 77.9 cm³/mol. The molecule has 0 saturated heterocycles. The summed E-state index contributed by atoms with van der Waals surface area (Å²) in [7, 11) is 1.77. The number of nitrogens with one attached hydrogen (secondary N) is 1. The maximum absolute atomic E-state index is 5.47. The maximum atomic E-state index is 5.47. The van der Waals surface area contributed by atoms with Crippen molar-refractivity contribution in [2.75, 3.05) is 7.11 Å². The molecule has 0 spiro atoms. The average Bonchev–Trinajstić information content (AvgIpc) is 2.29. The lowest BCUT2D eigenvalue weighted by Gasteiger charge is -2.29. The van der Waals surface area contributed by atoms with Gasteiger partial charge in [0.05, 0.1) is 5.60 Å². The normalized spacial score (nSPS) is 15.4. The maximum Gasteiger partial charge on any atom is 0.0637 e. The van der Waals surface area contributed by atoms with E-state index in [2.05, 4.69) is 64.2 Å². The van der Waals surface area contributed by atoms with E-state index in [4.69, 9.17) is 4.74 Å². The van der Waals surface area contributed by atoms with E-state index in [0.29, 0.717) is 12.1 Å². The van der Waals surface area contributed by atoms with E-state index in [0.717, 1.165) is 6.42 Å². The summed E-state index contributed by atoms with van der Waals surface area (Å²) < 4.78 is 5.47. The van der Waals surface area contributed by atoms with Crippen molar-refractivity contribution in [1.29, 1.82) is 0 Å². The Balaban J connectivity index is 2.54. The third-order valence-electron chi connectivity index (χ3n) is 3.46. The average molecular weight is 249 g/mol. The van der Waals surface area contributed by atoms with Crippen molar-refractivity contribution in [2.24, 2.45) is 0 Å². The highest BCUT2D eigenvalue weighted by Gasteiger charge is 2.21. The molecule has 1 aromatic rings. The Kier molecular flexibility index (Phi) is 5.36. The van der Waals surface area contributed by atoms with Gasteiger partial charge in [-0.2, -0.15) is 0 Å². The zero-order valence-corrected chi connectivity index (χ0v) is 12.6. The third kappa shape index (κ3) is 4.79. The minimum atomic E-state index is -0.0700. The van der Waals surface area contributed by atoms with Crippen LogP contribution in [0.15, 0.2) is 24.3 Å². The Morgan fingerprint density at radius 3 is 2.22 bits per heavy atom. The fraction of sp³-hybridized carbons (Fsp3) is 0.625. The van der Waals surface area contributed by atoms with Gasteiger partial charge in [0, 0.05) is 19.2 Å². The van der Waals surface area contributed by atoms with Gasteiger partial charge >= 0.3 is 0 Å². The zero-order valence-electron chi connectivity index (χ0n) is 12.6. The second kappa shape index (κ2) is 6.35. The first-order chi connectivity index (χ1) is 8.34. The van der Waals surface area contributed by atoms with E-state index >= 15 is 0 Å². The lowest BCUT2D eigenvalue weighted by Crippen LogP contribution is -2.36. The second-order valence-corrected chi connectivity index (χ2v) is 5.87. The standard InChI is InChI=1S/C16H27NO/c1-12-7-9-15(10-8-12)14(3)17-13(2)11-16(4,5)18-6/h7-10,13-14,17H,11H2,1-6H3/t13?,14-/m1/s1. The first-order valence-corrected chi connectivity index (χ1v) is 6.72. The molecule has 2 nitrogen and oxygen atoms in total. The summed E-state index contributed by atoms with van der Waals surface area (Å²) in [6.45, 7) is 10.8. The van der Waals surface area contributed by atoms with Crippen molar-refractivity contribution in [3.05, 3.63) is 35.4 Å². The van der Waals surface area contributed by atoms with Crippen LogP contribution < -0.4 is 5.32 Å². The monoisotopic (exact) mass is 249 g/mol. The number of benzene rings is 1. The predicted octanol–water partition coefficient (Wildman–Crippen LogP) is 3.85. The van der Waals surface area contributed by atoms with E-state index < -0.39 is 0 Å². The molecule has 0 aromatic heterocycles. The van der Waals surface area contributed by atoms with Gasteiger partial charge in [0.25, 0.3) is 0 Å². The first-order valence-electron chi connectivity index (χ1n) is 6.72. The molecule has 0 saturated carbocycles. The molecule has 1 aromatic carbocycles. The minimum Gasteiger partial charge on any atom is -0.379 e. The SMILES string of the molecule is COC(C)(C)CC(C)N[C@H](C)c1ccc(C)cc1. The lowest BCUT2D eigenvalue weighted by atomic mass is 9.98. The Morgan fingerprint density at radius 1 is 1.17 bits per heavy atom. The van der Waals surface area contributed by atoms with Gasteiger partial charge in [-0.3, -0.25) is 0 Å². The van der Waals surface area contributed by atoms with Crippen LogP contribution >= 0.6 is 0 Å². The molecule has 0 bridgehead atoms. The molecule has 0 radical (unpaired) electrons. The molecule has 102 valence electrons. The Morgan fingerprint density at radius 2 is 1.72 bits per heavy atom. The number of hydrogen-bond donors (Lipinski definition) is 1. The number of ether oxygens (including phenoxy) is 1. The Bertz CT molecular complexity index is 356. The third-order valence-corrected chi connectivity index (χ3v) is 3.46. The lowest BCUT2D eigenvalue weighted by molar-refractivity contribution is 0.00782.